The zero-order valence-corrected chi connectivity index (χ0v) is 11.7. The number of carbonyl (C=O) groups excluding carboxylic acids is 1. The van der Waals surface area contributed by atoms with E-state index >= 15 is 0 Å². The summed E-state index contributed by atoms with van der Waals surface area (Å²) >= 11 is 0. The third-order valence-electron chi connectivity index (χ3n) is 3.00. The Balaban J connectivity index is 1.67. The normalized spacial score (nSPS) is 10.7. The number of phenolic OH excluding ortho intramolecular Hbond substituents is 1. The summed E-state index contributed by atoms with van der Waals surface area (Å²) in [5.41, 5.74) is 2.09. The van der Waals surface area contributed by atoms with Gasteiger partial charge in [-0.25, -0.2) is 4.79 Å². The Bertz CT molecular complexity index is 586. The van der Waals surface area contributed by atoms with E-state index in [1.54, 1.807) is 18.2 Å². The molecule has 2 rings (SSSR count). The summed E-state index contributed by atoms with van der Waals surface area (Å²) in [7, 11) is 0. The van der Waals surface area contributed by atoms with Gasteiger partial charge in [0, 0.05) is 6.08 Å². The molecule has 0 spiro atoms. The quantitative estimate of drug-likeness (QED) is 0.500. The Hall–Kier alpha value is -2.55. The van der Waals surface area contributed by atoms with E-state index in [-0.39, 0.29) is 11.7 Å². The lowest BCUT2D eigenvalue weighted by Crippen LogP contribution is -2.03. The first kappa shape index (κ1) is 14.9. The van der Waals surface area contributed by atoms with E-state index in [2.05, 4.69) is 0 Å². The van der Waals surface area contributed by atoms with Crippen molar-refractivity contribution in [3.63, 3.8) is 0 Å². The van der Waals surface area contributed by atoms with Gasteiger partial charge in [-0.15, -0.1) is 0 Å². The fraction of sp³-hybridized carbons (Fsp3) is 0.167. The van der Waals surface area contributed by atoms with Crippen molar-refractivity contribution < 1.29 is 14.6 Å². The van der Waals surface area contributed by atoms with Crippen LogP contribution in [0.4, 0.5) is 0 Å². The monoisotopic (exact) mass is 282 g/mol. The van der Waals surface area contributed by atoms with Crippen molar-refractivity contribution >= 4 is 12.0 Å². The highest BCUT2D eigenvalue weighted by Gasteiger charge is 1.98. The molecule has 0 atom stereocenters. The first-order chi connectivity index (χ1) is 10.2. The predicted octanol–water partition coefficient (Wildman–Crippen LogP) is 3.58. The molecule has 0 saturated heterocycles. The second-order valence-corrected chi connectivity index (χ2v) is 4.68. The smallest absolute Gasteiger partial charge is 0.330 e. The molecule has 108 valence electrons. The molecular weight excluding hydrogens is 264 g/mol. The van der Waals surface area contributed by atoms with Crippen LogP contribution in [0.1, 0.15) is 17.5 Å². The number of hydrogen-bond donors (Lipinski definition) is 1. The van der Waals surface area contributed by atoms with Gasteiger partial charge in [0.15, 0.2) is 0 Å². The average molecular weight is 282 g/mol. The Kier molecular flexibility index (Phi) is 5.59. The van der Waals surface area contributed by atoms with Gasteiger partial charge in [0.05, 0.1) is 6.61 Å². The summed E-state index contributed by atoms with van der Waals surface area (Å²) < 4.78 is 5.13. The summed E-state index contributed by atoms with van der Waals surface area (Å²) in [6.45, 7) is 0.388. The third kappa shape index (κ3) is 5.53. The average Bonchev–Trinajstić information content (AvgIpc) is 2.52. The van der Waals surface area contributed by atoms with Gasteiger partial charge < -0.3 is 9.84 Å². The van der Waals surface area contributed by atoms with Crippen LogP contribution in [-0.2, 0) is 16.0 Å². The van der Waals surface area contributed by atoms with E-state index in [4.69, 9.17) is 4.74 Å². The molecular formula is C18H18O3. The van der Waals surface area contributed by atoms with Crippen LogP contribution >= 0.6 is 0 Å². The number of phenols is 1. The lowest BCUT2D eigenvalue weighted by molar-refractivity contribution is -0.137. The van der Waals surface area contributed by atoms with Crippen LogP contribution in [0, 0.1) is 0 Å². The number of aromatic hydroxyl groups is 1. The summed E-state index contributed by atoms with van der Waals surface area (Å²) in [5, 5.41) is 9.18. The summed E-state index contributed by atoms with van der Waals surface area (Å²) in [5.74, 6) is -0.0687. The first-order valence-electron chi connectivity index (χ1n) is 6.92. The number of rotatable bonds is 6. The maximum Gasteiger partial charge on any atom is 0.330 e. The lowest BCUT2D eigenvalue weighted by atomic mass is 10.1. The largest absolute Gasteiger partial charge is 0.508 e. The third-order valence-corrected chi connectivity index (χ3v) is 3.00. The molecule has 0 fully saturated rings. The topological polar surface area (TPSA) is 46.5 Å². The molecule has 0 aliphatic carbocycles. The molecule has 2 aromatic rings. The summed E-state index contributed by atoms with van der Waals surface area (Å²) in [4.78, 5) is 11.5. The van der Waals surface area contributed by atoms with Crippen molar-refractivity contribution in [2.24, 2.45) is 0 Å². The second kappa shape index (κ2) is 7.90. The molecule has 0 amide bonds. The van der Waals surface area contributed by atoms with Gasteiger partial charge in [0.25, 0.3) is 0 Å². The molecule has 3 nitrogen and oxygen atoms in total. The Labute approximate surface area is 124 Å². The molecule has 0 bridgehead atoms. The number of aryl methyl sites for hydroxylation is 1. The van der Waals surface area contributed by atoms with Crippen LogP contribution in [0.5, 0.6) is 5.75 Å². The highest BCUT2D eigenvalue weighted by Crippen LogP contribution is 2.11. The molecule has 0 aliphatic heterocycles. The molecule has 0 heterocycles. The highest BCUT2D eigenvalue weighted by molar-refractivity contribution is 5.86. The van der Waals surface area contributed by atoms with Crippen LogP contribution in [0.15, 0.2) is 60.7 Å². The molecule has 3 heteroatoms. The van der Waals surface area contributed by atoms with Crippen molar-refractivity contribution in [2.45, 2.75) is 12.8 Å². The summed E-state index contributed by atoms with van der Waals surface area (Å²) in [6, 6.07) is 16.7. The van der Waals surface area contributed by atoms with Crippen LogP contribution in [-0.4, -0.2) is 17.7 Å². The fourth-order valence-corrected chi connectivity index (χ4v) is 1.89. The van der Waals surface area contributed by atoms with Crippen molar-refractivity contribution in [3.05, 3.63) is 71.8 Å². The highest BCUT2D eigenvalue weighted by atomic mass is 16.5. The van der Waals surface area contributed by atoms with Gasteiger partial charge in [-0.3, -0.25) is 0 Å². The number of hydrogen-bond acceptors (Lipinski definition) is 3. The zero-order chi connectivity index (χ0) is 14.9. The van der Waals surface area contributed by atoms with Crippen molar-refractivity contribution in [1.29, 1.82) is 0 Å². The van der Waals surface area contributed by atoms with Gasteiger partial charge in [-0.1, -0.05) is 42.5 Å². The Morgan fingerprint density at radius 2 is 1.76 bits per heavy atom. The van der Waals surface area contributed by atoms with E-state index in [0.717, 1.165) is 24.0 Å². The molecule has 0 saturated carbocycles. The van der Waals surface area contributed by atoms with Gasteiger partial charge in [-0.05, 0) is 42.2 Å². The van der Waals surface area contributed by atoms with Crippen LogP contribution in [0.25, 0.3) is 6.08 Å². The van der Waals surface area contributed by atoms with Crippen LogP contribution in [0.3, 0.4) is 0 Å². The zero-order valence-electron chi connectivity index (χ0n) is 11.7. The maximum absolute atomic E-state index is 11.5. The van der Waals surface area contributed by atoms with Gasteiger partial charge in [-0.2, -0.15) is 0 Å². The van der Waals surface area contributed by atoms with E-state index in [9.17, 15) is 9.90 Å². The number of benzene rings is 2. The summed E-state index contributed by atoms with van der Waals surface area (Å²) in [6.07, 6.45) is 4.75. The lowest BCUT2D eigenvalue weighted by Gasteiger charge is -2.03. The van der Waals surface area contributed by atoms with E-state index in [1.165, 1.54) is 6.08 Å². The second-order valence-electron chi connectivity index (χ2n) is 4.68. The minimum absolute atomic E-state index is 0.260. The molecule has 1 N–H and O–H groups in total. The van der Waals surface area contributed by atoms with E-state index in [1.807, 2.05) is 42.5 Å². The minimum Gasteiger partial charge on any atom is -0.508 e. The maximum atomic E-state index is 11.5. The molecule has 0 aromatic heterocycles. The number of esters is 1. The molecule has 0 unspecified atom stereocenters. The standard InChI is InChI=1S/C18H18O3/c19-17-11-8-16(9-12-17)7-4-14-21-18(20)13-10-15-5-2-1-3-6-15/h1-3,5-6,8-13,19H,4,7,14H2. The Morgan fingerprint density at radius 1 is 1.05 bits per heavy atom. The van der Waals surface area contributed by atoms with Crippen molar-refractivity contribution in [1.82, 2.24) is 0 Å². The molecule has 2 aromatic carbocycles. The van der Waals surface area contributed by atoms with Crippen molar-refractivity contribution in [3.8, 4) is 5.75 Å². The fourth-order valence-electron chi connectivity index (χ4n) is 1.89. The van der Waals surface area contributed by atoms with Gasteiger partial charge in [0.2, 0.25) is 0 Å². The van der Waals surface area contributed by atoms with Crippen molar-refractivity contribution in [2.75, 3.05) is 6.61 Å². The predicted molar refractivity (Wildman–Crippen MR) is 82.9 cm³/mol. The molecule has 0 radical (unpaired) electrons. The Morgan fingerprint density at radius 3 is 2.48 bits per heavy atom. The SMILES string of the molecule is O=C(C=Cc1ccccc1)OCCCc1ccc(O)cc1. The van der Waals surface area contributed by atoms with Gasteiger partial charge in [0.1, 0.15) is 5.75 Å². The number of ether oxygens (including phenoxy) is 1. The first-order valence-corrected chi connectivity index (χ1v) is 6.92. The minimum atomic E-state index is -0.329. The van der Waals surface area contributed by atoms with E-state index in [0.29, 0.717) is 6.61 Å². The molecule has 0 aliphatic rings. The molecule has 21 heavy (non-hydrogen) atoms. The van der Waals surface area contributed by atoms with Crippen LogP contribution < -0.4 is 0 Å². The van der Waals surface area contributed by atoms with Gasteiger partial charge >= 0.3 is 5.97 Å². The number of carbonyl (C=O) groups is 1. The van der Waals surface area contributed by atoms with Crippen LogP contribution in [0.2, 0.25) is 0 Å². The van der Waals surface area contributed by atoms with E-state index < -0.39 is 0 Å².